The lowest BCUT2D eigenvalue weighted by atomic mass is 10.1. The summed E-state index contributed by atoms with van der Waals surface area (Å²) in [5, 5.41) is 18.8. The summed E-state index contributed by atoms with van der Waals surface area (Å²) in [4.78, 5) is 26.6. The summed E-state index contributed by atoms with van der Waals surface area (Å²) in [6.07, 6.45) is 1.56. The highest BCUT2D eigenvalue weighted by molar-refractivity contribution is 7.13. The lowest BCUT2D eigenvalue weighted by Crippen LogP contribution is -2.13. The topological polar surface area (TPSA) is 106 Å². The van der Waals surface area contributed by atoms with Crippen molar-refractivity contribution in [2.45, 2.75) is 0 Å². The van der Waals surface area contributed by atoms with Crippen LogP contribution < -0.4 is 10.6 Å². The normalized spacial score (nSPS) is 10.2. The maximum atomic E-state index is 12.1. The molecule has 1 aromatic heterocycles. The van der Waals surface area contributed by atoms with Gasteiger partial charge in [-0.3, -0.25) is 20.2 Å². The molecular weight excluding hydrogens is 308 g/mol. The second-order valence-electron chi connectivity index (χ2n) is 4.20. The Bertz CT molecular complexity index is 660. The van der Waals surface area contributed by atoms with Gasteiger partial charge in [0.05, 0.1) is 11.5 Å². The van der Waals surface area contributed by atoms with E-state index in [2.05, 4.69) is 15.6 Å². The molecule has 0 bridgehead atoms. The van der Waals surface area contributed by atoms with Crippen LogP contribution in [0.5, 0.6) is 0 Å². The summed E-state index contributed by atoms with van der Waals surface area (Å²) >= 11 is 1.27. The van der Waals surface area contributed by atoms with E-state index in [1.165, 1.54) is 29.5 Å². The molecule has 2 aromatic rings. The fourth-order valence-corrected chi connectivity index (χ4v) is 2.24. The van der Waals surface area contributed by atoms with Gasteiger partial charge in [-0.2, -0.15) is 0 Å². The predicted molar refractivity (Wildman–Crippen MR) is 83.5 cm³/mol. The molecule has 0 aliphatic carbocycles. The van der Waals surface area contributed by atoms with E-state index in [1.54, 1.807) is 18.7 Å². The first-order valence-corrected chi connectivity index (χ1v) is 7.22. The standard InChI is InChI=1S/C13H14N4O4S/c1-21-6-4-14-10-3-2-9(8-11(10)17(19)20)12(18)16-13-15-5-7-22-13/h2-3,5,7-8,14H,4,6H2,1H3,(H,15,16,18). The molecule has 1 amide bonds. The summed E-state index contributed by atoms with van der Waals surface area (Å²) < 4.78 is 4.88. The van der Waals surface area contributed by atoms with Crippen molar-refractivity contribution in [3.8, 4) is 0 Å². The zero-order valence-electron chi connectivity index (χ0n) is 11.7. The van der Waals surface area contributed by atoms with Crippen molar-refractivity contribution < 1.29 is 14.5 Å². The van der Waals surface area contributed by atoms with Crippen molar-refractivity contribution in [2.24, 2.45) is 0 Å². The quantitative estimate of drug-likeness (QED) is 0.460. The van der Waals surface area contributed by atoms with Gasteiger partial charge in [0.2, 0.25) is 0 Å². The average molecular weight is 322 g/mol. The third-order valence-electron chi connectivity index (χ3n) is 2.73. The van der Waals surface area contributed by atoms with E-state index in [9.17, 15) is 14.9 Å². The highest BCUT2D eigenvalue weighted by Crippen LogP contribution is 2.26. The van der Waals surface area contributed by atoms with Gasteiger partial charge in [-0.05, 0) is 12.1 Å². The number of nitro benzene ring substituents is 1. The van der Waals surface area contributed by atoms with Gasteiger partial charge in [-0.15, -0.1) is 11.3 Å². The molecule has 1 aromatic carbocycles. The number of hydrogen-bond donors (Lipinski definition) is 2. The summed E-state index contributed by atoms with van der Waals surface area (Å²) in [6.45, 7) is 0.853. The Balaban J connectivity index is 2.17. The number of aromatic nitrogens is 1. The van der Waals surface area contributed by atoms with E-state index in [-0.39, 0.29) is 11.3 Å². The molecule has 9 heteroatoms. The zero-order chi connectivity index (χ0) is 15.9. The average Bonchev–Trinajstić information content (AvgIpc) is 3.00. The number of thiazole rings is 1. The molecule has 0 saturated carbocycles. The molecule has 8 nitrogen and oxygen atoms in total. The van der Waals surface area contributed by atoms with E-state index in [1.807, 2.05) is 0 Å². The third-order valence-corrected chi connectivity index (χ3v) is 3.42. The number of methoxy groups -OCH3 is 1. The predicted octanol–water partition coefficient (Wildman–Crippen LogP) is 2.36. The second-order valence-corrected chi connectivity index (χ2v) is 5.09. The highest BCUT2D eigenvalue weighted by atomic mass is 32.1. The van der Waals surface area contributed by atoms with Gasteiger partial charge in [0.1, 0.15) is 5.69 Å². The zero-order valence-corrected chi connectivity index (χ0v) is 12.6. The maximum Gasteiger partial charge on any atom is 0.293 e. The van der Waals surface area contributed by atoms with E-state index in [4.69, 9.17) is 4.74 Å². The minimum atomic E-state index is -0.532. The molecule has 0 spiro atoms. The van der Waals surface area contributed by atoms with Crippen LogP contribution in [0.2, 0.25) is 0 Å². The van der Waals surface area contributed by atoms with Crippen LogP contribution in [0, 0.1) is 10.1 Å². The fourth-order valence-electron chi connectivity index (χ4n) is 1.72. The number of benzene rings is 1. The SMILES string of the molecule is COCCNc1ccc(C(=O)Nc2nccs2)cc1[N+](=O)[O-]. The van der Waals surface area contributed by atoms with E-state index >= 15 is 0 Å². The Labute approximate surface area is 130 Å². The Morgan fingerprint density at radius 1 is 1.50 bits per heavy atom. The largest absolute Gasteiger partial charge is 0.383 e. The Morgan fingerprint density at radius 2 is 2.32 bits per heavy atom. The lowest BCUT2D eigenvalue weighted by Gasteiger charge is -2.08. The second kappa shape index (κ2) is 7.48. The number of carbonyl (C=O) groups excluding carboxylic acids is 1. The van der Waals surface area contributed by atoms with Gasteiger partial charge in [-0.25, -0.2) is 4.98 Å². The van der Waals surface area contributed by atoms with Crippen LogP contribution in [-0.4, -0.2) is 36.1 Å². The van der Waals surface area contributed by atoms with Crippen molar-refractivity contribution in [3.63, 3.8) is 0 Å². The van der Waals surface area contributed by atoms with Gasteiger partial charge in [0, 0.05) is 36.9 Å². The molecule has 0 atom stereocenters. The fraction of sp³-hybridized carbons (Fsp3) is 0.231. The van der Waals surface area contributed by atoms with Crippen LogP contribution in [0.3, 0.4) is 0 Å². The summed E-state index contributed by atoms with van der Waals surface area (Å²) in [5.74, 6) is -0.443. The molecule has 2 rings (SSSR count). The van der Waals surface area contributed by atoms with Gasteiger partial charge < -0.3 is 10.1 Å². The third kappa shape index (κ3) is 3.99. The van der Waals surface area contributed by atoms with Crippen LogP contribution in [0.15, 0.2) is 29.8 Å². The van der Waals surface area contributed by atoms with Crippen molar-refractivity contribution in [1.29, 1.82) is 0 Å². The summed E-state index contributed by atoms with van der Waals surface area (Å²) in [5.41, 5.74) is 0.370. The van der Waals surface area contributed by atoms with Gasteiger partial charge in [0.25, 0.3) is 11.6 Å². The van der Waals surface area contributed by atoms with Crippen molar-refractivity contribution in [2.75, 3.05) is 30.9 Å². The van der Waals surface area contributed by atoms with Crippen molar-refractivity contribution in [3.05, 3.63) is 45.5 Å². The maximum absolute atomic E-state index is 12.1. The molecule has 1 heterocycles. The van der Waals surface area contributed by atoms with E-state index in [0.717, 1.165) is 0 Å². The monoisotopic (exact) mass is 322 g/mol. The number of anilines is 2. The molecule has 0 fully saturated rings. The Hall–Kier alpha value is -2.52. The van der Waals surface area contributed by atoms with E-state index < -0.39 is 10.8 Å². The number of amides is 1. The van der Waals surface area contributed by atoms with Gasteiger partial charge in [0.15, 0.2) is 5.13 Å². The number of carbonyl (C=O) groups is 1. The minimum absolute atomic E-state index is 0.164. The first-order chi connectivity index (χ1) is 10.6. The van der Waals surface area contributed by atoms with Crippen LogP contribution in [-0.2, 0) is 4.74 Å². The van der Waals surface area contributed by atoms with Crippen LogP contribution >= 0.6 is 11.3 Å². The first kappa shape index (κ1) is 15.9. The van der Waals surface area contributed by atoms with Crippen LogP contribution in [0.4, 0.5) is 16.5 Å². The van der Waals surface area contributed by atoms with Crippen molar-refractivity contribution in [1.82, 2.24) is 4.98 Å². The molecule has 0 unspecified atom stereocenters. The number of hydrogen-bond acceptors (Lipinski definition) is 7. The molecule has 0 aliphatic heterocycles. The molecule has 22 heavy (non-hydrogen) atoms. The van der Waals surface area contributed by atoms with Gasteiger partial charge >= 0.3 is 0 Å². The molecular formula is C13H14N4O4S. The summed E-state index contributed by atoms with van der Waals surface area (Å²) in [6, 6.07) is 4.26. The van der Waals surface area contributed by atoms with Gasteiger partial charge in [-0.1, -0.05) is 0 Å². The lowest BCUT2D eigenvalue weighted by molar-refractivity contribution is -0.384. The Kier molecular flexibility index (Phi) is 5.39. The first-order valence-electron chi connectivity index (χ1n) is 6.34. The van der Waals surface area contributed by atoms with E-state index in [0.29, 0.717) is 24.0 Å². The Morgan fingerprint density at radius 3 is 2.95 bits per heavy atom. The number of rotatable bonds is 7. The number of nitro groups is 1. The molecule has 116 valence electrons. The number of nitrogens with zero attached hydrogens (tertiary/aromatic N) is 2. The van der Waals surface area contributed by atoms with Crippen LogP contribution in [0.1, 0.15) is 10.4 Å². The number of ether oxygens (including phenoxy) is 1. The smallest absolute Gasteiger partial charge is 0.293 e. The molecule has 0 radical (unpaired) electrons. The molecule has 2 N–H and O–H groups in total. The molecule has 0 aliphatic rings. The molecule has 0 saturated heterocycles. The number of nitrogens with one attached hydrogen (secondary N) is 2. The minimum Gasteiger partial charge on any atom is -0.383 e. The highest BCUT2D eigenvalue weighted by Gasteiger charge is 2.17. The van der Waals surface area contributed by atoms with Crippen LogP contribution in [0.25, 0.3) is 0 Å². The summed E-state index contributed by atoms with van der Waals surface area (Å²) in [7, 11) is 1.54. The van der Waals surface area contributed by atoms with Crippen molar-refractivity contribution >= 4 is 33.8 Å².